The van der Waals surface area contributed by atoms with E-state index >= 15 is 0 Å². The Bertz CT molecular complexity index is 1330. The highest BCUT2D eigenvalue weighted by molar-refractivity contribution is 9.10. The molecule has 3 heterocycles. The average Bonchev–Trinajstić information content (AvgIpc) is 3.27. The number of halogens is 1. The van der Waals surface area contributed by atoms with Crippen molar-refractivity contribution in [3.63, 3.8) is 0 Å². The lowest BCUT2D eigenvalue weighted by atomic mass is 10.1. The van der Waals surface area contributed by atoms with Gasteiger partial charge in [-0.25, -0.2) is 4.79 Å². The molecule has 0 saturated heterocycles. The molecule has 0 N–H and O–H groups in total. The van der Waals surface area contributed by atoms with Crippen molar-refractivity contribution in [3.8, 4) is 11.3 Å². The molecule has 0 aliphatic rings. The van der Waals surface area contributed by atoms with E-state index in [1.165, 1.54) is 0 Å². The molecule has 5 nitrogen and oxygen atoms in total. The summed E-state index contributed by atoms with van der Waals surface area (Å²) in [4.78, 5) is 12.8. The molecule has 3 aromatic heterocycles. The molecule has 5 aromatic rings. The lowest BCUT2D eigenvalue weighted by Gasteiger charge is -2.03. The van der Waals surface area contributed by atoms with Crippen molar-refractivity contribution >= 4 is 37.9 Å². The number of aromatic nitrogens is 2. The Morgan fingerprint density at radius 2 is 1.78 bits per heavy atom. The van der Waals surface area contributed by atoms with Crippen LogP contribution in [0, 0.1) is 0 Å². The zero-order valence-corrected chi connectivity index (χ0v) is 15.6. The first-order valence-corrected chi connectivity index (χ1v) is 9.20. The molecule has 0 spiro atoms. The van der Waals surface area contributed by atoms with Crippen molar-refractivity contribution in [1.29, 1.82) is 0 Å². The Morgan fingerprint density at radius 1 is 1.00 bits per heavy atom. The van der Waals surface area contributed by atoms with Gasteiger partial charge >= 0.3 is 5.63 Å². The second-order valence-electron chi connectivity index (χ2n) is 6.22. The van der Waals surface area contributed by atoms with Gasteiger partial charge in [-0.3, -0.25) is 4.68 Å². The molecule has 6 heteroatoms. The van der Waals surface area contributed by atoms with Crippen LogP contribution in [-0.2, 0) is 6.54 Å². The molecule has 0 unspecified atom stereocenters. The molecule has 27 heavy (non-hydrogen) atoms. The van der Waals surface area contributed by atoms with Gasteiger partial charge in [-0.2, -0.15) is 5.10 Å². The molecule has 0 radical (unpaired) electrons. The maximum atomic E-state index is 12.8. The van der Waals surface area contributed by atoms with Crippen molar-refractivity contribution in [3.05, 3.63) is 87.4 Å². The van der Waals surface area contributed by atoms with Gasteiger partial charge in [0.15, 0.2) is 5.58 Å². The summed E-state index contributed by atoms with van der Waals surface area (Å²) >= 11 is 3.41. The SMILES string of the molecule is O=c1oc2ccccc2c2oc(-c3ccccc3)c(Cn3cc(Br)cn3)c12. The Hall–Kier alpha value is -3.12. The summed E-state index contributed by atoms with van der Waals surface area (Å²) in [6, 6.07) is 17.2. The second kappa shape index (κ2) is 6.25. The number of benzene rings is 2. The first-order chi connectivity index (χ1) is 13.2. The molecular weight excluding hydrogens is 408 g/mol. The fraction of sp³-hybridized carbons (Fsp3) is 0.0476. The molecular formula is C21H13BrN2O3. The summed E-state index contributed by atoms with van der Waals surface area (Å²) in [5.41, 5.74) is 2.30. The maximum Gasteiger partial charge on any atom is 0.347 e. The number of hydrogen-bond acceptors (Lipinski definition) is 4. The lowest BCUT2D eigenvalue weighted by molar-refractivity contribution is 0.565. The van der Waals surface area contributed by atoms with Crippen molar-refractivity contribution in [2.45, 2.75) is 6.54 Å². The van der Waals surface area contributed by atoms with Crippen LogP contribution in [0.2, 0.25) is 0 Å². The maximum absolute atomic E-state index is 12.8. The van der Waals surface area contributed by atoms with Gasteiger partial charge in [-0.05, 0) is 28.1 Å². The first kappa shape index (κ1) is 16.1. The summed E-state index contributed by atoms with van der Waals surface area (Å²) in [5, 5.41) is 5.55. The number of fused-ring (bicyclic) bond motifs is 3. The molecule has 0 amide bonds. The van der Waals surface area contributed by atoms with Crippen LogP contribution < -0.4 is 5.63 Å². The van der Waals surface area contributed by atoms with E-state index in [0.29, 0.717) is 28.9 Å². The highest BCUT2D eigenvalue weighted by Crippen LogP contribution is 2.36. The summed E-state index contributed by atoms with van der Waals surface area (Å²) in [5.74, 6) is 0.654. The standard InChI is InChI=1S/C21H13BrN2O3/c22-14-10-23-24(11-14)12-16-18-20(27-19(16)13-6-2-1-3-7-13)15-8-4-5-9-17(15)26-21(18)25/h1-11H,12H2. The van der Waals surface area contributed by atoms with E-state index < -0.39 is 5.63 Å². The second-order valence-corrected chi connectivity index (χ2v) is 7.14. The Kier molecular flexibility index (Phi) is 3.72. The van der Waals surface area contributed by atoms with Crippen LogP contribution in [0.4, 0.5) is 0 Å². The molecule has 0 aliphatic heterocycles. The van der Waals surface area contributed by atoms with Gasteiger partial charge in [0.25, 0.3) is 0 Å². The number of nitrogens with zero attached hydrogens (tertiary/aromatic N) is 2. The molecule has 0 aliphatic carbocycles. The van der Waals surface area contributed by atoms with E-state index in [-0.39, 0.29) is 0 Å². The van der Waals surface area contributed by atoms with Crippen LogP contribution in [0.25, 0.3) is 33.3 Å². The normalized spacial score (nSPS) is 11.4. The molecule has 132 valence electrons. The predicted octanol–water partition coefficient (Wildman–Crippen LogP) is 5.21. The third-order valence-electron chi connectivity index (χ3n) is 4.50. The summed E-state index contributed by atoms with van der Waals surface area (Å²) in [6.45, 7) is 0.395. The largest absolute Gasteiger partial charge is 0.455 e. The highest BCUT2D eigenvalue weighted by atomic mass is 79.9. The van der Waals surface area contributed by atoms with Gasteiger partial charge in [-0.15, -0.1) is 0 Å². The molecule has 0 atom stereocenters. The molecule has 0 fully saturated rings. The topological polar surface area (TPSA) is 61.2 Å². The quantitative estimate of drug-likeness (QED) is 0.375. The van der Waals surface area contributed by atoms with Gasteiger partial charge in [0, 0.05) is 17.3 Å². The summed E-state index contributed by atoms with van der Waals surface area (Å²) in [6.07, 6.45) is 3.57. The third kappa shape index (κ3) is 2.69. The van der Waals surface area contributed by atoms with E-state index in [4.69, 9.17) is 8.83 Å². The fourth-order valence-corrected chi connectivity index (χ4v) is 3.65. The van der Waals surface area contributed by atoms with Crippen molar-refractivity contribution in [1.82, 2.24) is 9.78 Å². The molecule has 0 bridgehead atoms. The highest BCUT2D eigenvalue weighted by Gasteiger charge is 2.22. The average molecular weight is 421 g/mol. The van der Waals surface area contributed by atoms with Crippen LogP contribution in [0.5, 0.6) is 0 Å². The Morgan fingerprint density at radius 3 is 2.56 bits per heavy atom. The van der Waals surface area contributed by atoms with Crippen LogP contribution in [0.3, 0.4) is 0 Å². The van der Waals surface area contributed by atoms with E-state index in [0.717, 1.165) is 21.0 Å². The van der Waals surface area contributed by atoms with E-state index in [1.807, 2.05) is 54.7 Å². The van der Waals surface area contributed by atoms with Crippen molar-refractivity contribution in [2.24, 2.45) is 0 Å². The zero-order chi connectivity index (χ0) is 18.4. The van der Waals surface area contributed by atoms with E-state index in [1.54, 1.807) is 16.9 Å². The number of rotatable bonds is 3. The molecule has 0 saturated carbocycles. The van der Waals surface area contributed by atoms with E-state index in [9.17, 15) is 4.79 Å². The van der Waals surface area contributed by atoms with Crippen LogP contribution in [0.1, 0.15) is 5.56 Å². The van der Waals surface area contributed by atoms with Crippen LogP contribution in [-0.4, -0.2) is 9.78 Å². The van der Waals surface area contributed by atoms with Gasteiger partial charge in [0.1, 0.15) is 16.7 Å². The van der Waals surface area contributed by atoms with Crippen molar-refractivity contribution in [2.75, 3.05) is 0 Å². The van der Waals surface area contributed by atoms with Gasteiger partial charge < -0.3 is 8.83 Å². The Labute approximate surface area is 162 Å². The number of hydrogen-bond donors (Lipinski definition) is 0. The first-order valence-electron chi connectivity index (χ1n) is 8.41. The molecule has 5 rings (SSSR count). The Balaban J connectivity index is 1.86. The van der Waals surface area contributed by atoms with Crippen LogP contribution >= 0.6 is 15.9 Å². The fourth-order valence-electron chi connectivity index (χ4n) is 3.33. The summed E-state index contributed by atoms with van der Waals surface area (Å²) in [7, 11) is 0. The molecule has 2 aromatic carbocycles. The van der Waals surface area contributed by atoms with Gasteiger partial charge in [0.05, 0.1) is 22.6 Å². The summed E-state index contributed by atoms with van der Waals surface area (Å²) < 4.78 is 14.4. The third-order valence-corrected chi connectivity index (χ3v) is 4.91. The van der Waals surface area contributed by atoms with E-state index in [2.05, 4.69) is 21.0 Å². The number of para-hydroxylation sites is 1. The van der Waals surface area contributed by atoms with Crippen LogP contribution in [0.15, 0.2) is 85.1 Å². The van der Waals surface area contributed by atoms with Crippen molar-refractivity contribution < 1.29 is 8.83 Å². The smallest absolute Gasteiger partial charge is 0.347 e. The lowest BCUT2D eigenvalue weighted by Crippen LogP contribution is -2.06. The minimum atomic E-state index is -0.407. The number of furan rings is 1. The monoisotopic (exact) mass is 420 g/mol. The van der Waals surface area contributed by atoms with Gasteiger partial charge in [0.2, 0.25) is 0 Å². The predicted molar refractivity (Wildman–Crippen MR) is 107 cm³/mol. The van der Waals surface area contributed by atoms with Gasteiger partial charge in [-0.1, -0.05) is 42.5 Å². The minimum absolute atomic E-state index is 0.395. The minimum Gasteiger partial charge on any atom is -0.455 e. The zero-order valence-electron chi connectivity index (χ0n) is 14.1.